The number of carbonyl (C=O) groups excluding carboxylic acids is 2. The SMILES string of the molecule is CN(Cc1ccc(OC(F)F)cc1)C(=O)COC(=O)c1cc(-c2ccc(Br)cc2)n[nH]1. The van der Waals surface area contributed by atoms with Crippen LogP contribution in [0, 0.1) is 0 Å². The van der Waals surface area contributed by atoms with Gasteiger partial charge in [0.05, 0.1) is 5.69 Å². The van der Waals surface area contributed by atoms with Gasteiger partial charge in [-0.2, -0.15) is 13.9 Å². The van der Waals surface area contributed by atoms with Crippen molar-refractivity contribution in [1.29, 1.82) is 0 Å². The van der Waals surface area contributed by atoms with Crippen LogP contribution < -0.4 is 4.74 Å². The van der Waals surface area contributed by atoms with Crippen molar-refractivity contribution in [3.05, 3.63) is 70.3 Å². The molecule has 7 nitrogen and oxygen atoms in total. The topological polar surface area (TPSA) is 84.5 Å². The number of nitrogens with zero attached hydrogens (tertiary/aromatic N) is 2. The van der Waals surface area contributed by atoms with Crippen LogP contribution in [0.2, 0.25) is 0 Å². The maximum absolute atomic E-state index is 12.2. The molecule has 3 rings (SSSR count). The van der Waals surface area contributed by atoms with E-state index in [0.29, 0.717) is 11.3 Å². The van der Waals surface area contributed by atoms with E-state index in [-0.39, 0.29) is 18.0 Å². The molecule has 0 aliphatic carbocycles. The summed E-state index contributed by atoms with van der Waals surface area (Å²) in [7, 11) is 1.54. The van der Waals surface area contributed by atoms with Gasteiger partial charge in [-0.3, -0.25) is 9.89 Å². The minimum absolute atomic E-state index is 0.0312. The van der Waals surface area contributed by atoms with Gasteiger partial charge in [-0.1, -0.05) is 40.2 Å². The first-order valence-electron chi connectivity index (χ1n) is 9.08. The molecule has 31 heavy (non-hydrogen) atoms. The lowest BCUT2D eigenvalue weighted by atomic mass is 10.1. The summed E-state index contributed by atoms with van der Waals surface area (Å²) >= 11 is 3.35. The number of ether oxygens (including phenoxy) is 2. The number of alkyl halides is 2. The predicted octanol–water partition coefficient (Wildman–Crippen LogP) is 4.26. The number of aromatic amines is 1. The van der Waals surface area contributed by atoms with Crippen molar-refractivity contribution in [2.24, 2.45) is 0 Å². The van der Waals surface area contributed by atoms with Gasteiger partial charge in [-0.25, -0.2) is 4.79 Å². The standard InChI is InChI=1S/C21H18BrF2N3O4/c1-27(11-13-2-8-16(9-3-13)31-21(23)24)19(28)12-30-20(29)18-10-17(25-26-18)14-4-6-15(22)7-5-14/h2-10,21H,11-12H2,1H3,(H,25,26). The normalized spacial score (nSPS) is 10.7. The zero-order valence-electron chi connectivity index (χ0n) is 16.3. The second-order valence-corrected chi connectivity index (χ2v) is 7.44. The Hall–Kier alpha value is -3.27. The monoisotopic (exact) mass is 493 g/mol. The lowest BCUT2D eigenvalue weighted by Gasteiger charge is -2.17. The minimum Gasteiger partial charge on any atom is -0.451 e. The number of likely N-dealkylation sites (N-methyl/N-ethyl adjacent to an activating group) is 1. The molecule has 3 aromatic rings. The first-order chi connectivity index (χ1) is 14.8. The first-order valence-corrected chi connectivity index (χ1v) is 9.87. The van der Waals surface area contributed by atoms with E-state index in [4.69, 9.17) is 4.74 Å². The number of hydrogen-bond acceptors (Lipinski definition) is 5. The van der Waals surface area contributed by atoms with Gasteiger partial charge in [0.15, 0.2) is 6.61 Å². The van der Waals surface area contributed by atoms with Gasteiger partial charge in [-0.15, -0.1) is 0 Å². The Balaban J connectivity index is 1.50. The Morgan fingerprint density at radius 2 is 1.81 bits per heavy atom. The lowest BCUT2D eigenvalue weighted by Crippen LogP contribution is -2.30. The van der Waals surface area contributed by atoms with Gasteiger partial charge < -0.3 is 14.4 Å². The highest BCUT2D eigenvalue weighted by molar-refractivity contribution is 9.10. The highest BCUT2D eigenvalue weighted by Crippen LogP contribution is 2.21. The molecule has 0 aliphatic heterocycles. The van der Waals surface area contributed by atoms with Crippen molar-refractivity contribution >= 4 is 27.8 Å². The van der Waals surface area contributed by atoms with Crippen molar-refractivity contribution in [3.63, 3.8) is 0 Å². The molecule has 0 unspecified atom stereocenters. The molecule has 0 aliphatic rings. The molecular weight excluding hydrogens is 476 g/mol. The highest BCUT2D eigenvalue weighted by atomic mass is 79.9. The van der Waals surface area contributed by atoms with E-state index in [2.05, 4.69) is 30.9 Å². The third kappa shape index (κ3) is 6.35. The highest BCUT2D eigenvalue weighted by Gasteiger charge is 2.16. The van der Waals surface area contributed by atoms with Gasteiger partial charge in [-0.05, 0) is 35.9 Å². The number of rotatable bonds is 8. The van der Waals surface area contributed by atoms with E-state index in [1.807, 2.05) is 24.3 Å². The number of nitrogens with one attached hydrogen (secondary N) is 1. The van der Waals surface area contributed by atoms with Crippen LogP contribution in [0.15, 0.2) is 59.1 Å². The molecule has 0 fully saturated rings. The molecule has 0 atom stereocenters. The maximum Gasteiger partial charge on any atom is 0.387 e. The Bertz CT molecular complexity index is 1040. The summed E-state index contributed by atoms with van der Waals surface area (Å²) in [5, 5.41) is 6.69. The summed E-state index contributed by atoms with van der Waals surface area (Å²) in [5.74, 6) is -1.09. The van der Waals surface area contributed by atoms with Crippen LogP contribution in [0.5, 0.6) is 5.75 Å². The van der Waals surface area contributed by atoms with E-state index in [1.54, 1.807) is 25.2 Å². The van der Waals surface area contributed by atoms with Gasteiger partial charge in [0, 0.05) is 23.6 Å². The van der Waals surface area contributed by atoms with Crippen molar-refractivity contribution in [1.82, 2.24) is 15.1 Å². The van der Waals surface area contributed by atoms with Gasteiger partial charge in [0.25, 0.3) is 5.91 Å². The molecule has 0 radical (unpaired) electrons. The number of H-pyrrole nitrogens is 1. The van der Waals surface area contributed by atoms with Gasteiger partial charge in [0.1, 0.15) is 11.4 Å². The summed E-state index contributed by atoms with van der Waals surface area (Å²) in [6, 6.07) is 14.9. The fraction of sp³-hybridized carbons (Fsp3) is 0.190. The number of halogens is 3. The van der Waals surface area contributed by atoms with Gasteiger partial charge >= 0.3 is 12.6 Å². The molecule has 0 spiro atoms. The molecule has 1 aromatic heterocycles. The number of aromatic nitrogens is 2. The molecule has 1 N–H and O–H groups in total. The van der Waals surface area contributed by atoms with Gasteiger partial charge in [0.2, 0.25) is 0 Å². The third-order valence-corrected chi connectivity index (χ3v) is 4.79. The lowest BCUT2D eigenvalue weighted by molar-refractivity contribution is -0.133. The average Bonchev–Trinajstić information content (AvgIpc) is 3.23. The Labute approximate surface area is 185 Å². The van der Waals surface area contributed by atoms with Crippen LogP contribution >= 0.6 is 15.9 Å². The van der Waals surface area contributed by atoms with Crippen LogP contribution in [-0.4, -0.2) is 47.2 Å². The summed E-state index contributed by atoms with van der Waals surface area (Å²) in [4.78, 5) is 25.8. The smallest absolute Gasteiger partial charge is 0.387 e. The zero-order valence-corrected chi connectivity index (χ0v) is 17.9. The fourth-order valence-corrected chi connectivity index (χ4v) is 2.91. The zero-order chi connectivity index (χ0) is 22.4. The van der Waals surface area contributed by atoms with E-state index >= 15 is 0 Å². The molecule has 162 valence electrons. The molecular formula is C21H18BrF2N3O4. The third-order valence-electron chi connectivity index (χ3n) is 4.26. The summed E-state index contributed by atoms with van der Waals surface area (Å²) in [6.07, 6.45) is 0. The molecule has 0 saturated carbocycles. The number of amides is 1. The Kier molecular flexibility index (Phi) is 7.35. The molecule has 0 saturated heterocycles. The van der Waals surface area contributed by atoms with E-state index in [0.717, 1.165) is 10.0 Å². The number of carbonyl (C=O) groups is 2. The summed E-state index contributed by atoms with van der Waals surface area (Å²) in [5.41, 5.74) is 2.22. The minimum atomic E-state index is -2.90. The molecule has 10 heteroatoms. The van der Waals surface area contributed by atoms with Crippen LogP contribution in [0.4, 0.5) is 8.78 Å². The second-order valence-electron chi connectivity index (χ2n) is 6.52. The van der Waals surface area contributed by atoms with Crippen molar-refractivity contribution < 1.29 is 27.8 Å². The number of benzene rings is 2. The van der Waals surface area contributed by atoms with E-state index < -0.39 is 25.1 Å². The number of esters is 1. The molecule has 2 aromatic carbocycles. The van der Waals surface area contributed by atoms with Crippen molar-refractivity contribution in [2.75, 3.05) is 13.7 Å². The largest absolute Gasteiger partial charge is 0.451 e. The Morgan fingerprint density at radius 1 is 1.13 bits per heavy atom. The van der Waals surface area contributed by atoms with E-state index in [9.17, 15) is 18.4 Å². The molecule has 1 amide bonds. The predicted molar refractivity (Wildman–Crippen MR) is 112 cm³/mol. The molecule has 1 heterocycles. The average molecular weight is 494 g/mol. The van der Waals surface area contributed by atoms with Crippen LogP contribution in [-0.2, 0) is 16.1 Å². The maximum atomic E-state index is 12.2. The van der Waals surface area contributed by atoms with E-state index in [1.165, 1.54) is 17.0 Å². The fourth-order valence-electron chi connectivity index (χ4n) is 2.65. The Morgan fingerprint density at radius 3 is 2.45 bits per heavy atom. The molecule has 0 bridgehead atoms. The summed E-state index contributed by atoms with van der Waals surface area (Å²) < 4.78 is 34.6. The quantitative estimate of drug-likeness (QED) is 0.474. The number of hydrogen-bond donors (Lipinski definition) is 1. The first kappa shape index (κ1) is 22.4. The van der Waals surface area contributed by atoms with Crippen molar-refractivity contribution in [3.8, 4) is 17.0 Å². The van der Waals surface area contributed by atoms with Crippen LogP contribution in [0.25, 0.3) is 11.3 Å². The van der Waals surface area contributed by atoms with Crippen molar-refractivity contribution in [2.45, 2.75) is 13.2 Å². The van der Waals surface area contributed by atoms with Crippen LogP contribution in [0.1, 0.15) is 16.1 Å². The second kappa shape index (κ2) is 10.2. The summed E-state index contributed by atoms with van der Waals surface area (Å²) in [6.45, 7) is -3.14. The van der Waals surface area contributed by atoms with Crippen LogP contribution in [0.3, 0.4) is 0 Å².